The monoisotopic (exact) mass is 278 g/mol. The molecule has 0 aliphatic heterocycles. The predicted molar refractivity (Wildman–Crippen MR) is 70.1 cm³/mol. The minimum Gasteiger partial charge on any atom is -0.322 e. The Hall–Kier alpha value is -0.640. The van der Waals surface area contributed by atoms with Gasteiger partial charge in [-0.25, -0.2) is 4.79 Å². The molecule has 6 heteroatoms. The number of hydrogen-bond acceptors (Lipinski definition) is 4. The van der Waals surface area contributed by atoms with Crippen LogP contribution < -0.4 is 0 Å². The van der Waals surface area contributed by atoms with Crippen LogP contribution in [-0.4, -0.2) is 17.0 Å². The zero-order valence-electron chi connectivity index (χ0n) is 11.0. The van der Waals surface area contributed by atoms with Crippen LogP contribution in [0.2, 0.25) is 0 Å². The van der Waals surface area contributed by atoms with Crippen molar-refractivity contribution in [1.82, 2.24) is 0 Å². The van der Waals surface area contributed by atoms with Crippen LogP contribution in [0.3, 0.4) is 0 Å². The first kappa shape index (κ1) is 17.4. The van der Waals surface area contributed by atoms with Crippen LogP contribution in [0.5, 0.6) is 0 Å². The molecule has 18 heavy (non-hydrogen) atoms. The molecule has 0 saturated heterocycles. The molecule has 0 saturated carbocycles. The van der Waals surface area contributed by atoms with Crippen LogP contribution in [0, 0.1) is 0 Å². The highest BCUT2D eigenvalue weighted by Crippen LogP contribution is 2.43. The third-order valence-corrected chi connectivity index (χ3v) is 3.64. The van der Waals surface area contributed by atoms with Gasteiger partial charge in [-0.1, -0.05) is 56.7 Å². The van der Waals surface area contributed by atoms with Crippen LogP contribution in [0.25, 0.3) is 0 Å². The first-order chi connectivity index (χ1) is 8.52. The van der Waals surface area contributed by atoms with Gasteiger partial charge in [-0.3, -0.25) is 9.45 Å². The van der Waals surface area contributed by atoms with Gasteiger partial charge in [0.05, 0.1) is 6.16 Å². The summed E-state index contributed by atoms with van der Waals surface area (Å²) in [5, 5.41) is 0. The zero-order valence-corrected chi connectivity index (χ0v) is 11.9. The fraction of sp³-hybridized carbons (Fsp3) is 0.750. The quantitative estimate of drug-likeness (QED) is 0.205. The Kier molecular flexibility index (Phi) is 9.93. The lowest BCUT2D eigenvalue weighted by molar-refractivity contribution is -0.210. The highest BCUT2D eigenvalue weighted by atomic mass is 31.2. The predicted octanol–water partition coefficient (Wildman–Crippen LogP) is 3.58. The van der Waals surface area contributed by atoms with E-state index >= 15 is 0 Å². The molecule has 0 heterocycles. The van der Waals surface area contributed by atoms with Crippen molar-refractivity contribution in [2.45, 2.75) is 51.9 Å². The molecule has 0 aliphatic rings. The van der Waals surface area contributed by atoms with Gasteiger partial charge in [0.25, 0.3) is 0 Å². The summed E-state index contributed by atoms with van der Waals surface area (Å²) in [5.74, 6) is -0.871. The molecular weight excluding hydrogens is 255 g/mol. The Morgan fingerprint density at radius 1 is 1.22 bits per heavy atom. The molecule has 1 atom stereocenters. The molecular formula is C12H23O5P. The van der Waals surface area contributed by atoms with Crippen molar-refractivity contribution in [3.8, 4) is 0 Å². The Morgan fingerprint density at radius 3 is 2.33 bits per heavy atom. The summed E-state index contributed by atoms with van der Waals surface area (Å²) in [6.45, 7) is 5.30. The highest BCUT2D eigenvalue weighted by Gasteiger charge is 2.21. The second-order valence-electron chi connectivity index (χ2n) is 4.16. The SMILES string of the molecule is C=CC(=O)OOP(=O)(O)CCCCCCCCC. The molecule has 0 aromatic carbocycles. The first-order valence-electron chi connectivity index (χ1n) is 6.36. The van der Waals surface area contributed by atoms with E-state index in [0.29, 0.717) is 6.42 Å². The average molecular weight is 278 g/mol. The van der Waals surface area contributed by atoms with Crippen LogP contribution in [0.15, 0.2) is 12.7 Å². The number of rotatable bonds is 11. The number of hydrogen-bond donors (Lipinski definition) is 1. The number of carbonyl (C=O) groups is 1. The van der Waals surface area contributed by atoms with Gasteiger partial charge >= 0.3 is 13.6 Å². The van der Waals surface area contributed by atoms with E-state index in [1.807, 2.05) is 0 Å². The lowest BCUT2D eigenvalue weighted by Gasteiger charge is -2.09. The summed E-state index contributed by atoms with van der Waals surface area (Å²) in [4.78, 5) is 24.1. The lowest BCUT2D eigenvalue weighted by Crippen LogP contribution is -2.02. The minimum atomic E-state index is -3.81. The van der Waals surface area contributed by atoms with Gasteiger partial charge < -0.3 is 4.89 Å². The van der Waals surface area contributed by atoms with Crippen molar-refractivity contribution < 1.29 is 23.8 Å². The van der Waals surface area contributed by atoms with Crippen molar-refractivity contribution >= 4 is 13.6 Å². The van der Waals surface area contributed by atoms with E-state index in [1.54, 1.807) is 0 Å². The molecule has 0 radical (unpaired) electrons. The van der Waals surface area contributed by atoms with Gasteiger partial charge in [0.15, 0.2) is 0 Å². The molecule has 0 bridgehead atoms. The Bertz CT molecular complexity index is 290. The largest absolute Gasteiger partial charge is 0.366 e. The smallest absolute Gasteiger partial charge is 0.322 e. The number of carbonyl (C=O) groups excluding carboxylic acids is 1. The van der Waals surface area contributed by atoms with E-state index in [4.69, 9.17) is 0 Å². The van der Waals surface area contributed by atoms with E-state index in [9.17, 15) is 14.3 Å². The molecule has 0 aromatic heterocycles. The summed E-state index contributed by atoms with van der Waals surface area (Å²) < 4.78 is 15.6. The van der Waals surface area contributed by atoms with Gasteiger partial charge in [-0.15, -0.1) is 0 Å². The van der Waals surface area contributed by atoms with E-state index in [-0.39, 0.29) is 6.16 Å². The van der Waals surface area contributed by atoms with Gasteiger partial charge in [-0.05, 0) is 6.42 Å². The summed E-state index contributed by atoms with van der Waals surface area (Å²) in [5.41, 5.74) is 0. The van der Waals surface area contributed by atoms with Crippen molar-refractivity contribution in [1.29, 1.82) is 0 Å². The molecule has 1 N–H and O–H groups in total. The van der Waals surface area contributed by atoms with E-state index in [1.165, 1.54) is 19.3 Å². The maximum absolute atomic E-state index is 11.4. The zero-order chi connectivity index (χ0) is 13.9. The Labute approximate surface area is 109 Å². The first-order valence-corrected chi connectivity index (χ1v) is 8.12. The molecule has 5 nitrogen and oxygen atoms in total. The van der Waals surface area contributed by atoms with Gasteiger partial charge in [-0.2, -0.15) is 0 Å². The van der Waals surface area contributed by atoms with Gasteiger partial charge in [0.1, 0.15) is 0 Å². The molecule has 0 aliphatic carbocycles. The van der Waals surface area contributed by atoms with Crippen molar-refractivity contribution in [2.24, 2.45) is 0 Å². The molecule has 1 unspecified atom stereocenters. The second-order valence-corrected chi connectivity index (χ2v) is 6.03. The van der Waals surface area contributed by atoms with E-state index < -0.39 is 13.6 Å². The molecule has 106 valence electrons. The standard InChI is InChI=1S/C12H23O5P/c1-3-5-6-7-8-9-10-11-18(14,15)17-16-12(13)4-2/h4H,2-3,5-11H2,1H3,(H,14,15). The van der Waals surface area contributed by atoms with Gasteiger partial charge in [0, 0.05) is 6.08 Å². The average Bonchev–Trinajstić information content (AvgIpc) is 2.35. The lowest BCUT2D eigenvalue weighted by atomic mass is 10.1. The normalized spacial score (nSPS) is 13.9. The third-order valence-electron chi connectivity index (χ3n) is 2.45. The van der Waals surface area contributed by atoms with Crippen LogP contribution in [0.1, 0.15) is 51.9 Å². The maximum Gasteiger partial charge on any atom is 0.366 e. The Balaban J connectivity index is 3.55. The summed E-state index contributed by atoms with van der Waals surface area (Å²) in [7, 11) is -3.81. The topological polar surface area (TPSA) is 72.8 Å². The summed E-state index contributed by atoms with van der Waals surface area (Å²) in [6, 6.07) is 0. The number of unbranched alkanes of at least 4 members (excludes halogenated alkanes) is 6. The molecule has 0 spiro atoms. The summed E-state index contributed by atoms with van der Waals surface area (Å²) in [6.07, 6.45) is 8.19. The Morgan fingerprint density at radius 2 is 1.78 bits per heavy atom. The minimum absolute atomic E-state index is 0.00516. The second kappa shape index (κ2) is 10.3. The van der Waals surface area contributed by atoms with Crippen molar-refractivity contribution in [3.05, 3.63) is 12.7 Å². The fourth-order valence-electron chi connectivity index (χ4n) is 1.43. The van der Waals surface area contributed by atoms with E-state index in [0.717, 1.165) is 25.3 Å². The summed E-state index contributed by atoms with van der Waals surface area (Å²) >= 11 is 0. The van der Waals surface area contributed by atoms with Crippen molar-refractivity contribution in [2.75, 3.05) is 6.16 Å². The highest BCUT2D eigenvalue weighted by molar-refractivity contribution is 7.52. The molecule has 0 fully saturated rings. The van der Waals surface area contributed by atoms with E-state index in [2.05, 4.69) is 23.1 Å². The fourth-order valence-corrected chi connectivity index (χ4v) is 2.32. The maximum atomic E-state index is 11.4. The molecule has 0 rings (SSSR count). The van der Waals surface area contributed by atoms with Crippen LogP contribution in [0.4, 0.5) is 0 Å². The molecule has 0 amide bonds. The third kappa shape index (κ3) is 10.5. The van der Waals surface area contributed by atoms with Crippen molar-refractivity contribution in [3.63, 3.8) is 0 Å². The molecule has 0 aromatic rings. The van der Waals surface area contributed by atoms with Crippen LogP contribution in [-0.2, 0) is 18.9 Å². The van der Waals surface area contributed by atoms with Crippen LogP contribution >= 0.6 is 7.60 Å². The van der Waals surface area contributed by atoms with Gasteiger partial charge in [0.2, 0.25) is 0 Å².